The van der Waals surface area contributed by atoms with Crippen LogP contribution in [0.3, 0.4) is 0 Å². The van der Waals surface area contributed by atoms with Gasteiger partial charge in [-0.25, -0.2) is 0 Å². The minimum absolute atomic E-state index is 0.0699. The standard InChI is InChI=1S/C17H30O2/c1-8-11-9-10-12(18)13(16(2,3)4)14(15(11)19)17(5,6)7/h11,13-14H,8-10H2,1-7H3. The highest BCUT2D eigenvalue weighted by Crippen LogP contribution is 2.46. The summed E-state index contributed by atoms with van der Waals surface area (Å²) in [6.07, 6.45) is 2.17. The average molecular weight is 266 g/mol. The summed E-state index contributed by atoms with van der Waals surface area (Å²) in [6.45, 7) is 14.6. The first-order chi connectivity index (χ1) is 8.50. The molecule has 0 aromatic carbocycles. The summed E-state index contributed by atoms with van der Waals surface area (Å²) in [5, 5.41) is 0. The maximum absolute atomic E-state index is 12.9. The predicted octanol–water partition coefficient (Wildman–Crippen LogP) is 4.27. The van der Waals surface area contributed by atoms with E-state index in [0.29, 0.717) is 12.2 Å². The molecule has 1 aliphatic carbocycles. The van der Waals surface area contributed by atoms with Gasteiger partial charge in [0, 0.05) is 24.2 Å². The lowest BCUT2D eigenvalue weighted by molar-refractivity contribution is -0.140. The molecule has 0 amide bonds. The Kier molecular flexibility index (Phi) is 4.64. The summed E-state index contributed by atoms with van der Waals surface area (Å²) in [7, 11) is 0. The van der Waals surface area contributed by atoms with Crippen LogP contribution >= 0.6 is 0 Å². The highest BCUT2D eigenvalue weighted by Gasteiger charge is 2.49. The molecule has 1 saturated carbocycles. The topological polar surface area (TPSA) is 34.1 Å². The van der Waals surface area contributed by atoms with Gasteiger partial charge in [-0.15, -0.1) is 0 Å². The fraction of sp³-hybridized carbons (Fsp3) is 0.882. The molecule has 2 nitrogen and oxygen atoms in total. The number of hydrogen-bond acceptors (Lipinski definition) is 2. The molecule has 0 radical (unpaired) electrons. The molecule has 2 heteroatoms. The Labute approximate surface area is 118 Å². The fourth-order valence-corrected chi connectivity index (χ4v) is 3.53. The molecule has 19 heavy (non-hydrogen) atoms. The zero-order valence-corrected chi connectivity index (χ0v) is 13.7. The summed E-state index contributed by atoms with van der Waals surface area (Å²) in [6, 6.07) is 0. The van der Waals surface area contributed by atoms with E-state index in [9.17, 15) is 9.59 Å². The van der Waals surface area contributed by atoms with Gasteiger partial charge in [-0.05, 0) is 23.7 Å². The van der Waals surface area contributed by atoms with E-state index in [2.05, 4.69) is 48.5 Å². The largest absolute Gasteiger partial charge is 0.299 e. The molecule has 0 spiro atoms. The van der Waals surface area contributed by atoms with Crippen molar-refractivity contribution in [1.29, 1.82) is 0 Å². The van der Waals surface area contributed by atoms with Crippen LogP contribution in [-0.4, -0.2) is 11.6 Å². The Morgan fingerprint density at radius 3 is 1.79 bits per heavy atom. The van der Waals surface area contributed by atoms with Crippen LogP contribution in [-0.2, 0) is 9.59 Å². The van der Waals surface area contributed by atoms with Crippen LogP contribution in [0.4, 0.5) is 0 Å². The summed E-state index contributed by atoms with van der Waals surface area (Å²) in [5.41, 5.74) is -0.296. The molecule has 3 atom stereocenters. The zero-order valence-electron chi connectivity index (χ0n) is 13.7. The monoisotopic (exact) mass is 266 g/mol. The van der Waals surface area contributed by atoms with Crippen molar-refractivity contribution in [2.24, 2.45) is 28.6 Å². The van der Waals surface area contributed by atoms with E-state index in [0.717, 1.165) is 12.8 Å². The second kappa shape index (κ2) is 5.38. The first kappa shape index (κ1) is 16.4. The Balaban J connectivity index is 3.31. The SMILES string of the molecule is CCC1CCC(=O)C(C(C)(C)C)C(C(C)(C)C)C1=O. The zero-order chi connectivity index (χ0) is 15.0. The molecule has 0 heterocycles. The number of Topliss-reactive ketones (excluding diaryl/α,β-unsaturated/α-hetero) is 2. The fourth-order valence-electron chi connectivity index (χ4n) is 3.53. The van der Waals surface area contributed by atoms with Crippen molar-refractivity contribution in [3.63, 3.8) is 0 Å². The molecule has 1 fully saturated rings. The van der Waals surface area contributed by atoms with Gasteiger partial charge >= 0.3 is 0 Å². The second-order valence-corrected chi connectivity index (χ2v) is 8.20. The minimum Gasteiger partial charge on any atom is -0.299 e. The van der Waals surface area contributed by atoms with E-state index < -0.39 is 0 Å². The minimum atomic E-state index is -0.150. The van der Waals surface area contributed by atoms with Crippen LogP contribution < -0.4 is 0 Å². The van der Waals surface area contributed by atoms with Gasteiger partial charge in [0.15, 0.2) is 0 Å². The summed E-state index contributed by atoms with van der Waals surface area (Å²) in [4.78, 5) is 25.4. The summed E-state index contributed by atoms with van der Waals surface area (Å²) < 4.78 is 0. The number of carbonyl (C=O) groups excluding carboxylic acids is 2. The number of ketones is 2. The quantitative estimate of drug-likeness (QED) is 0.664. The molecule has 0 aliphatic heterocycles. The van der Waals surface area contributed by atoms with Crippen molar-refractivity contribution in [3.8, 4) is 0 Å². The van der Waals surface area contributed by atoms with E-state index in [1.165, 1.54) is 0 Å². The van der Waals surface area contributed by atoms with Gasteiger partial charge in [-0.2, -0.15) is 0 Å². The maximum atomic E-state index is 12.9. The van der Waals surface area contributed by atoms with Crippen molar-refractivity contribution in [2.75, 3.05) is 0 Å². The van der Waals surface area contributed by atoms with Gasteiger partial charge in [-0.1, -0.05) is 48.5 Å². The molecule has 1 rings (SSSR count). The van der Waals surface area contributed by atoms with Gasteiger partial charge in [0.1, 0.15) is 11.6 Å². The molecular formula is C17H30O2. The Bertz CT molecular complexity index is 354. The van der Waals surface area contributed by atoms with Crippen molar-refractivity contribution >= 4 is 11.6 Å². The lowest BCUT2D eigenvalue weighted by Gasteiger charge is -2.41. The highest BCUT2D eigenvalue weighted by atomic mass is 16.1. The van der Waals surface area contributed by atoms with E-state index >= 15 is 0 Å². The van der Waals surface area contributed by atoms with Crippen LogP contribution in [0.25, 0.3) is 0 Å². The predicted molar refractivity (Wildman–Crippen MR) is 78.9 cm³/mol. The smallest absolute Gasteiger partial charge is 0.140 e. The molecule has 110 valence electrons. The molecule has 0 saturated heterocycles. The molecule has 3 unspecified atom stereocenters. The van der Waals surface area contributed by atoms with Crippen LogP contribution in [0.1, 0.15) is 67.7 Å². The van der Waals surface area contributed by atoms with Gasteiger partial charge in [-0.3, -0.25) is 9.59 Å². The molecule has 0 aromatic rings. The normalized spacial score (nSPS) is 30.4. The number of hydrogen-bond donors (Lipinski definition) is 0. The van der Waals surface area contributed by atoms with E-state index in [1.54, 1.807) is 0 Å². The van der Waals surface area contributed by atoms with Crippen molar-refractivity contribution < 1.29 is 9.59 Å². The average Bonchev–Trinajstić information content (AvgIpc) is 2.34. The van der Waals surface area contributed by atoms with Crippen LogP contribution in [0.15, 0.2) is 0 Å². The van der Waals surface area contributed by atoms with Crippen LogP contribution in [0.2, 0.25) is 0 Å². The van der Waals surface area contributed by atoms with Crippen molar-refractivity contribution in [3.05, 3.63) is 0 Å². The van der Waals surface area contributed by atoms with Crippen LogP contribution in [0, 0.1) is 28.6 Å². The third-order valence-corrected chi connectivity index (χ3v) is 4.49. The van der Waals surface area contributed by atoms with Gasteiger partial charge in [0.05, 0.1) is 0 Å². The Morgan fingerprint density at radius 2 is 1.42 bits per heavy atom. The Hall–Kier alpha value is -0.660. The van der Waals surface area contributed by atoms with E-state index in [-0.39, 0.29) is 34.4 Å². The van der Waals surface area contributed by atoms with Gasteiger partial charge < -0.3 is 0 Å². The number of rotatable bonds is 1. The second-order valence-electron chi connectivity index (χ2n) is 8.20. The molecular weight excluding hydrogens is 236 g/mol. The highest BCUT2D eigenvalue weighted by molar-refractivity contribution is 5.94. The third-order valence-electron chi connectivity index (χ3n) is 4.49. The molecule has 1 aliphatic rings. The van der Waals surface area contributed by atoms with E-state index in [4.69, 9.17) is 0 Å². The first-order valence-electron chi connectivity index (χ1n) is 7.56. The van der Waals surface area contributed by atoms with Gasteiger partial charge in [0.25, 0.3) is 0 Å². The lowest BCUT2D eigenvalue weighted by atomic mass is 9.61. The maximum Gasteiger partial charge on any atom is 0.140 e. The molecule has 0 bridgehead atoms. The summed E-state index contributed by atoms with van der Waals surface area (Å²) in [5.74, 6) is 0.391. The Morgan fingerprint density at radius 1 is 0.947 bits per heavy atom. The molecule has 0 N–H and O–H groups in total. The van der Waals surface area contributed by atoms with Crippen molar-refractivity contribution in [2.45, 2.75) is 67.7 Å². The van der Waals surface area contributed by atoms with Gasteiger partial charge in [0.2, 0.25) is 0 Å². The van der Waals surface area contributed by atoms with E-state index in [1.807, 2.05) is 0 Å². The van der Waals surface area contributed by atoms with Crippen molar-refractivity contribution in [1.82, 2.24) is 0 Å². The number of carbonyl (C=O) groups is 2. The molecule has 0 aromatic heterocycles. The van der Waals surface area contributed by atoms with Crippen LogP contribution in [0.5, 0.6) is 0 Å². The first-order valence-corrected chi connectivity index (χ1v) is 7.56. The lowest BCUT2D eigenvalue weighted by Crippen LogP contribution is -2.44. The summed E-state index contributed by atoms with van der Waals surface area (Å²) >= 11 is 0. The third kappa shape index (κ3) is 3.46.